The smallest absolute Gasteiger partial charge is 0.323 e. The number of furan rings is 1. The lowest BCUT2D eigenvalue weighted by atomic mass is 9.93. The number of carbonyl (C=O) groups is 1. The molecule has 0 aromatic carbocycles. The Morgan fingerprint density at radius 3 is 2.75 bits per heavy atom. The number of rotatable bonds is 7. The van der Waals surface area contributed by atoms with Crippen molar-refractivity contribution in [3.8, 4) is 11.7 Å². The first-order chi connectivity index (χ1) is 9.61. The highest BCUT2D eigenvalue weighted by Crippen LogP contribution is 2.19. The van der Waals surface area contributed by atoms with Gasteiger partial charge in [-0.05, 0) is 25.0 Å². The van der Waals surface area contributed by atoms with Gasteiger partial charge in [0.2, 0.25) is 0 Å². The topological polar surface area (TPSA) is 101 Å². The molecule has 0 spiro atoms. The first-order valence-corrected chi connectivity index (χ1v) is 6.46. The van der Waals surface area contributed by atoms with Gasteiger partial charge in [-0.1, -0.05) is 19.0 Å². The zero-order valence-corrected chi connectivity index (χ0v) is 11.4. The highest BCUT2D eigenvalue weighted by molar-refractivity contribution is 5.78. The summed E-state index contributed by atoms with van der Waals surface area (Å²) in [5.41, 5.74) is -0.967. The van der Waals surface area contributed by atoms with Crippen molar-refractivity contribution >= 4 is 5.97 Å². The number of aliphatic carboxylic acids is 1. The first kappa shape index (κ1) is 14.3. The minimum absolute atomic E-state index is 0.220. The molecule has 0 bridgehead atoms. The molecule has 2 heterocycles. The van der Waals surface area contributed by atoms with E-state index < -0.39 is 11.5 Å². The summed E-state index contributed by atoms with van der Waals surface area (Å²) in [4.78, 5) is 15.5. The Labute approximate surface area is 116 Å². The molecule has 0 saturated heterocycles. The van der Waals surface area contributed by atoms with Crippen molar-refractivity contribution in [3.63, 3.8) is 0 Å². The number of hydrogen-bond acceptors (Lipinski definition) is 6. The number of nitrogens with one attached hydrogen (secondary N) is 1. The number of hydrogen-bond donors (Lipinski definition) is 2. The largest absolute Gasteiger partial charge is 0.480 e. The molecular weight excluding hydrogens is 262 g/mol. The molecule has 2 aromatic heterocycles. The first-order valence-electron chi connectivity index (χ1n) is 6.46. The molecule has 0 unspecified atom stereocenters. The highest BCUT2D eigenvalue weighted by atomic mass is 16.5. The van der Waals surface area contributed by atoms with Crippen LogP contribution >= 0.6 is 0 Å². The van der Waals surface area contributed by atoms with Crippen LogP contribution in [0.1, 0.15) is 32.5 Å². The number of nitrogens with zero attached hydrogens (tertiary/aromatic N) is 2. The van der Waals surface area contributed by atoms with Gasteiger partial charge in [0.05, 0.1) is 12.8 Å². The van der Waals surface area contributed by atoms with E-state index >= 15 is 0 Å². The summed E-state index contributed by atoms with van der Waals surface area (Å²) in [7, 11) is 0. The van der Waals surface area contributed by atoms with E-state index in [-0.39, 0.29) is 12.4 Å². The molecule has 0 aliphatic heterocycles. The van der Waals surface area contributed by atoms with Gasteiger partial charge < -0.3 is 14.0 Å². The molecule has 0 radical (unpaired) electrons. The van der Waals surface area contributed by atoms with E-state index in [2.05, 4.69) is 15.5 Å². The Balaban J connectivity index is 2.06. The lowest BCUT2D eigenvalue weighted by Gasteiger charge is -2.27. The number of carboxylic acids is 1. The minimum Gasteiger partial charge on any atom is -0.480 e. The molecule has 7 nitrogen and oxygen atoms in total. The third-order valence-electron chi connectivity index (χ3n) is 3.40. The van der Waals surface area contributed by atoms with Gasteiger partial charge in [-0.3, -0.25) is 10.1 Å². The maximum absolute atomic E-state index is 11.4. The van der Waals surface area contributed by atoms with E-state index in [0.29, 0.717) is 24.4 Å². The number of carboxylic acid groups (broad SMARTS) is 1. The van der Waals surface area contributed by atoms with Crippen molar-refractivity contribution in [2.24, 2.45) is 0 Å². The van der Waals surface area contributed by atoms with Gasteiger partial charge in [-0.25, -0.2) is 0 Å². The van der Waals surface area contributed by atoms with Crippen molar-refractivity contribution < 1.29 is 18.8 Å². The molecule has 2 rings (SSSR count). The fraction of sp³-hybridized carbons (Fsp3) is 0.462. The molecule has 0 fully saturated rings. The molecule has 0 aliphatic carbocycles. The van der Waals surface area contributed by atoms with Crippen molar-refractivity contribution in [1.29, 1.82) is 0 Å². The van der Waals surface area contributed by atoms with Gasteiger partial charge in [0.1, 0.15) is 5.54 Å². The third kappa shape index (κ3) is 2.72. The van der Waals surface area contributed by atoms with Gasteiger partial charge in [0.25, 0.3) is 5.89 Å². The zero-order valence-electron chi connectivity index (χ0n) is 11.4. The van der Waals surface area contributed by atoms with Gasteiger partial charge in [-0.2, -0.15) is 4.98 Å². The lowest BCUT2D eigenvalue weighted by Crippen LogP contribution is -2.50. The van der Waals surface area contributed by atoms with Gasteiger partial charge in [0.15, 0.2) is 11.6 Å². The average molecular weight is 279 g/mol. The van der Waals surface area contributed by atoms with Crippen molar-refractivity contribution in [3.05, 3.63) is 24.2 Å². The maximum atomic E-state index is 11.4. The fourth-order valence-electron chi connectivity index (χ4n) is 1.95. The molecule has 20 heavy (non-hydrogen) atoms. The van der Waals surface area contributed by atoms with Gasteiger partial charge >= 0.3 is 5.97 Å². The molecule has 0 amide bonds. The normalized spacial score (nSPS) is 11.7. The molecule has 2 N–H and O–H groups in total. The summed E-state index contributed by atoms with van der Waals surface area (Å²) in [6.07, 6.45) is 2.46. The standard InChI is InChI=1S/C13H17N3O4/c1-3-13(4-2,12(17)18)14-8-10-15-11(20-16-10)9-6-5-7-19-9/h5-7,14H,3-4,8H2,1-2H3,(H,17,18). The van der Waals surface area contributed by atoms with Crippen LogP contribution in [0.15, 0.2) is 27.3 Å². The van der Waals surface area contributed by atoms with E-state index in [4.69, 9.17) is 8.94 Å². The van der Waals surface area contributed by atoms with Gasteiger partial charge in [-0.15, -0.1) is 0 Å². The monoisotopic (exact) mass is 279 g/mol. The molecule has 108 valence electrons. The van der Waals surface area contributed by atoms with E-state index in [1.54, 1.807) is 12.1 Å². The molecular formula is C13H17N3O4. The Bertz CT molecular complexity index is 558. The second-order valence-electron chi connectivity index (χ2n) is 4.44. The third-order valence-corrected chi connectivity index (χ3v) is 3.40. The summed E-state index contributed by atoms with van der Waals surface area (Å²) >= 11 is 0. The van der Waals surface area contributed by atoms with Crippen molar-refractivity contribution in [1.82, 2.24) is 15.5 Å². The van der Waals surface area contributed by atoms with Crippen LogP contribution in [0, 0.1) is 0 Å². The van der Waals surface area contributed by atoms with E-state index in [1.807, 2.05) is 13.8 Å². The molecule has 0 atom stereocenters. The SMILES string of the molecule is CCC(CC)(NCc1noc(-c2ccco2)n1)C(=O)O. The van der Waals surface area contributed by atoms with Crippen LogP contribution in [0.25, 0.3) is 11.7 Å². The summed E-state index contributed by atoms with van der Waals surface area (Å²) in [5, 5.41) is 16.1. The van der Waals surface area contributed by atoms with Crippen LogP contribution < -0.4 is 5.32 Å². The van der Waals surface area contributed by atoms with Crippen LogP contribution in [0.5, 0.6) is 0 Å². The quantitative estimate of drug-likeness (QED) is 0.799. The van der Waals surface area contributed by atoms with Crippen LogP contribution in [0.3, 0.4) is 0 Å². The van der Waals surface area contributed by atoms with Crippen molar-refractivity contribution in [2.45, 2.75) is 38.8 Å². The Kier molecular flexibility index (Phi) is 4.19. The predicted molar refractivity (Wildman–Crippen MR) is 69.8 cm³/mol. The van der Waals surface area contributed by atoms with E-state index in [9.17, 15) is 9.90 Å². The summed E-state index contributed by atoms with van der Waals surface area (Å²) in [6, 6.07) is 3.44. The average Bonchev–Trinajstić information content (AvgIpc) is 3.11. The Hall–Kier alpha value is -2.15. The highest BCUT2D eigenvalue weighted by Gasteiger charge is 2.34. The Morgan fingerprint density at radius 2 is 2.20 bits per heavy atom. The predicted octanol–water partition coefficient (Wildman–Crippen LogP) is 2.06. The summed E-state index contributed by atoms with van der Waals surface area (Å²) < 4.78 is 10.2. The van der Waals surface area contributed by atoms with E-state index in [1.165, 1.54) is 6.26 Å². The molecule has 2 aromatic rings. The summed E-state index contributed by atoms with van der Waals surface area (Å²) in [5.74, 6) is 0.279. The number of aromatic nitrogens is 2. The van der Waals surface area contributed by atoms with Gasteiger partial charge in [0, 0.05) is 0 Å². The Morgan fingerprint density at radius 1 is 1.45 bits per heavy atom. The molecule has 0 saturated carbocycles. The summed E-state index contributed by atoms with van der Waals surface area (Å²) in [6.45, 7) is 3.88. The minimum atomic E-state index is -0.967. The fourth-order valence-corrected chi connectivity index (χ4v) is 1.95. The molecule has 7 heteroatoms. The van der Waals surface area contributed by atoms with Crippen LogP contribution in [-0.4, -0.2) is 26.8 Å². The van der Waals surface area contributed by atoms with E-state index in [0.717, 1.165) is 0 Å². The lowest BCUT2D eigenvalue weighted by molar-refractivity contribution is -0.145. The maximum Gasteiger partial charge on any atom is 0.323 e. The van der Waals surface area contributed by atoms with Crippen LogP contribution in [0.2, 0.25) is 0 Å². The van der Waals surface area contributed by atoms with Crippen LogP contribution in [-0.2, 0) is 11.3 Å². The molecule has 0 aliphatic rings. The van der Waals surface area contributed by atoms with Crippen molar-refractivity contribution in [2.75, 3.05) is 0 Å². The van der Waals surface area contributed by atoms with Crippen LogP contribution in [0.4, 0.5) is 0 Å². The second-order valence-corrected chi connectivity index (χ2v) is 4.44. The second kappa shape index (κ2) is 5.87. The zero-order chi connectivity index (χ0) is 14.6.